The van der Waals surface area contributed by atoms with Gasteiger partial charge in [0.1, 0.15) is 5.82 Å². The summed E-state index contributed by atoms with van der Waals surface area (Å²) in [6.07, 6.45) is 2.33. The molecule has 1 aliphatic carbocycles. The highest BCUT2D eigenvalue weighted by molar-refractivity contribution is 5.89. The van der Waals surface area contributed by atoms with Gasteiger partial charge in [-0.15, -0.1) is 0 Å². The molecular weight excluding hydrogens is 219 g/mol. The maximum absolute atomic E-state index is 13.4. The molecule has 4 heteroatoms. The van der Waals surface area contributed by atoms with Gasteiger partial charge in [-0.3, -0.25) is 0 Å². The van der Waals surface area contributed by atoms with E-state index in [1.165, 1.54) is 18.9 Å². The van der Waals surface area contributed by atoms with Gasteiger partial charge >= 0.3 is 6.03 Å². The van der Waals surface area contributed by atoms with Gasteiger partial charge in [0, 0.05) is 6.04 Å². The summed E-state index contributed by atoms with van der Waals surface area (Å²) in [5.74, 6) is 0.174. The van der Waals surface area contributed by atoms with Gasteiger partial charge in [-0.25, -0.2) is 9.18 Å². The molecule has 1 fully saturated rings. The zero-order valence-electron chi connectivity index (χ0n) is 10.1. The van der Waals surface area contributed by atoms with Crippen molar-refractivity contribution < 1.29 is 9.18 Å². The molecule has 1 saturated carbocycles. The minimum absolute atomic E-state index is 0.155. The number of anilines is 1. The molecule has 1 aliphatic rings. The summed E-state index contributed by atoms with van der Waals surface area (Å²) in [7, 11) is 0. The molecule has 0 aromatic heterocycles. The van der Waals surface area contributed by atoms with Crippen molar-refractivity contribution in [2.75, 3.05) is 5.32 Å². The zero-order valence-corrected chi connectivity index (χ0v) is 10.1. The smallest absolute Gasteiger partial charge is 0.319 e. The van der Waals surface area contributed by atoms with Crippen LogP contribution in [-0.2, 0) is 0 Å². The highest BCUT2D eigenvalue weighted by atomic mass is 19.1. The molecule has 1 aromatic carbocycles. The second kappa shape index (κ2) is 4.73. The topological polar surface area (TPSA) is 41.1 Å². The van der Waals surface area contributed by atoms with Crippen molar-refractivity contribution >= 4 is 11.7 Å². The molecule has 0 spiro atoms. The third kappa shape index (κ3) is 3.19. The number of rotatable bonds is 3. The lowest BCUT2D eigenvalue weighted by atomic mass is 10.2. The predicted molar refractivity (Wildman–Crippen MR) is 65.5 cm³/mol. The van der Waals surface area contributed by atoms with Gasteiger partial charge in [0.05, 0.1) is 5.69 Å². The van der Waals surface area contributed by atoms with Crippen molar-refractivity contribution in [3.05, 3.63) is 29.6 Å². The number of urea groups is 1. The number of carbonyl (C=O) groups is 1. The Bertz CT molecular complexity index is 429. The van der Waals surface area contributed by atoms with Crippen molar-refractivity contribution in [2.24, 2.45) is 5.92 Å². The van der Waals surface area contributed by atoms with Crippen LogP contribution in [0.3, 0.4) is 0 Å². The van der Waals surface area contributed by atoms with E-state index in [0.717, 1.165) is 5.56 Å². The van der Waals surface area contributed by atoms with Crippen LogP contribution in [0.4, 0.5) is 14.9 Å². The van der Waals surface area contributed by atoms with Crippen molar-refractivity contribution in [1.82, 2.24) is 5.32 Å². The van der Waals surface area contributed by atoms with E-state index in [1.54, 1.807) is 12.1 Å². The molecule has 2 N–H and O–H groups in total. The Kier molecular flexibility index (Phi) is 3.31. The summed E-state index contributed by atoms with van der Waals surface area (Å²) in [5, 5.41) is 5.36. The largest absolute Gasteiger partial charge is 0.335 e. The van der Waals surface area contributed by atoms with E-state index < -0.39 is 5.82 Å². The second-order valence-electron chi connectivity index (χ2n) is 4.71. The van der Waals surface area contributed by atoms with Crippen LogP contribution in [0.25, 0.3) is 0 Å². The number of amides is 2. The first kappa shape index (κ1) is 11.9. The van der Waals surface area contributed by atoms with Crippen LogP contribution < -0.4 is 10.6 Å². The van der Waals surface area contributed by atoms with Gasteiger partial charge in [0.25, 0.3) is 0 Å². The lowest BCUT2D eigenvalue weighted by Crippen LogP contribution is -2.37. The van der Waals surface area contributed by atoms with E-state index in [4.69, 9.17) is 0 Å². The predicted octanol–water partition coefficient (Wildman–Crippen LogP) is 3.05. The van der Waals surface area contributed by atoms with Crippen LogP contribution in [0.2, 0.25) is 0 Å². The van der Waals surface area contributed by atoms with Crippen LogP contribution >= 0.6 is 0 Å². The first-order valence-corrected chi connectivity index (χ1v) is 5.90. The molecule has 92 valence electrons. The summed E-state index contributed by atoms with van der Waals surface area (Å²) in [5.41, 5.74) is 1.14. The van der Waals surface area contributed by atoms with Gasteiger partial charge in [0.2, 0.25) is 0 Å². The van der Waals surface area contributed by atoms with Gasteiger partial charge in [-0.1, -0.05) is 6.07 Å². The van der Waals surface area contributed by atoms with Crippen LogP contribution in [-0.4, -0.2) is 12.1 Å². The Labute approximate surface area is 100 Å². The lowest BCUT2D eigenvalue weighted by molar-refractivity contribution is 0.248. The second-order valence-corrected chi connectivity index (χ2v) is 4.71. The number of benzene rings is 1. The SMILES string of the molecule is Cc1ccc(F)c(NC(=O)NC(C)C2CC2)c1. The lowest BCUT2D eigenvalue weighted by Gasteiger charge is -2.14. The standard InChI is InChI=1S/C13H17FN2O/c1-8-3-6-11(14)12(7-8)16-13(17)15-9(2)10-4-5-10/h3,6-7,9-10H,4-5H2,1-2H3,(H2,15,16,17). The zero-order chi connectivity index (χ0) is 12.4. The normalized spacial score (nSPS) is 16.4. The van der Waals surface area contributed by atoms with Gasteiger partial charge in [-0.05, 0) is 50.3 Å². The molecule has 2 rings (SSSR count). The van der Waals surface area contributed by atoms with E-state index in [9.17, 15) is 9.18 Å². The minimum atomic E-state index is -0.412. The third-order valence-electron chi connectivity index (χ3n) is 3.06. The van der Waals surface area contributed by atoms with Gasteiger partial charge < -0.3 is 10.6 Å². The highest BCUT2D eigenvalue weighted by Crippen LogP contribution is 2.32. The molecule has 3 nitrogen and oxygen atoms in total. The van der Waals surface area contributed by atoms with E-state index in [0.29, 0.717) is 5.92 Å². The average Bonchev–Trinajstić information content (AvgIpc) is 3.06. The molecule has 1 atom stereocenters. The number of hydrogen-bond donors (Lipinski definition) is 2. The van der Waals surface area contributed by atoms with E-state index in [-0.39, 0.29) is 17.8 Å². The van der Waals surface area contributed by atoms with Crippen LogP contribution in [0.5, 0.6) is 0 Å². The molecule has 17 heavy (non-hydrogen) atoms. The summed E-state index contributed by atoms with van der Waals surface area (Å²) in [4.78, 5) is 11.6. The molecule has 0 radical (unpaired) electrons. The molecule has 1 aromatic rings. The van der Waals surface area contributed by atoms with Crippen LogP contribution in [0.1, 0.15) is 25.3 Å². The van der Waals surface area contributed by atoms with Crippen molar-refractivity contribution in [3.63, 3.8) is 0 Å². The quantitative estimate of drug-likeness (QED) is 0.832. The Morgan fingerprint density at radius 1 is 1.47 bits per heavy atom. The average molecular weight is 236 g/mol. The molecule has 0 bridgehead atoms. The number of carbonyl (C=O) groups excluding carboxylic acids is 1. The first-order valence-electron chi connectivity index (χ1n) is 5.90. The van der Waals surface area contributed by atoms with E-state index in [2.05, 4.69) is 10.6 Å². The number of hydrogen-bond acceptors (Lipinski definition) is 1. The Morgan fingerprint density at radius 2 is 2.18 bits per heavy atom. The molecule has 2 amide bonds. The van der Waals surface area contributed by atoms with Crippen LogP contribution in [0, 0.1) is 18.7 Å². The van der Waals surface area contributed by atoms with E-state index in [1.807, 2.05) is 13.8 Å². The van der Waals surface area contributed by atoms with Gasteiger partial charge in [0.15, 0.2) is 0 Å². The summed E-state index contributed by atoms with van der Waals surface area (Å²) >= 11 is 0. The molecule has 1 unspecified atom stereocenters. The minimum Gasteiger partial charge on any atom is -0.335 e. The Balaban J connectivity index is 1.94. The maximum atomic E-state index is 13.4. The molecule has 0 saturated heterocycles. The fraction of sp³-hybridized carbons (Fsp3) is 0.462. The van der Waals surface area contributed by atoms with E-state index >= 15 is 0 Å². The summed E-state index contributed by atoms with van der Waals surface area (Å²) in [6, 6.07) is 4.47. The molecular formula is C13H17FN2O. The summed E-state index contributed by atoms with van der Waals surface area (Å²) < 4.78 is 13.4. The first-order chi connectivity index (χ1) is 8.06. The maximum Gasteiger partial charge on any atom is 0.319 e. The number of nitrogens with one attached hydrogen (secondary N) is 2. The van der Waals surface area contributed by atoms with Crippen molar-refractivity contribution in [1.29, 1.82) is 0 Å². The van der Waals surface area contributed by atoms with Gasteiger partial charge in [-0.2, -0.15) is 0 Å². The highest BCUT2D eigenvalue weighted by Gasteiger charge is 2.28. The number of halogens is 1. The third-order valence-corrected chi connectivity index (χ3v) is 3.06. The van der Waals surface area contributed by atoms with Crippen molar-refractivity contribution in [3.8, 4) is 0 Å². The fourth-order valence-corrected chi connectivity index (χ4v) is 1.81. The molecule has 0 heterocycles. The fourth-order valence-electron chi connectivity index (χ4n) is 1.81. The van der Waals surface area contributed by atoms with Crippen LogP contribution in [0.15, 0.2) is 18.2 Å². The monoisotopic (exact) mass is 236 g/mol. The summed E-state index contributed by atoms with van der Waals surface area (Å²) in [6.45, 7) is 3.83. The Hall–Kier alpha value is -1.58. The molecule has 0 aliphatic heterocycles. The van der Waals surface area contributed by atoms with Crippen molar-refractivity contribution in [2.45, 2.75) is 32.7 Å². The Morgan fingerprint density at radius 3 is 2.82 bits per heavy atom. The number of aryl methyl sites for hydroxylation is 1.